The highest BCUT2D eigenvalue weighted by molar-refractivity contribution is 7.18. The van der Waals surface area contributed by atoms with Crippen LogP contribution in [0.5, 0.6) is 0 Å². The van der Waals surface area contributed by atoms with Crippen LogP contribution in [0.4, 0.5) is 11.5 Å². The molecule has 140 valence electrons. The fourth-order valence-corrected chi connectivity index (χ4v) is 3.84. The maximum Gasteiger partial charge on any atom is 0.222 e. The van der Waals surface area contributed by atoms with Gasteiger partial charge in [0.1, 0.15) is 16.6 Å². The number of benzene rings is 1. The third-order valence-electron chi connectivity index (χ3n) is 4.10. The lowest BCUT2D eigenvalue weighted by atomic mass is 10.1. The normalized spacial score (nSPS) is 10.6. The van der Waals surface area contributed by atoms with Gasteiger partial charge in [0.25, 0.3) is 0 Å². The summed E-state index contributed by atoms with van der Waals surface area (Å²) in [4.78, 5) is 28.9. The number of amides is 1. The van der Waals surface area contributed by atoms with Crippen molar-refractivity contribution < 1.29 is 4.79 Å². The van der Waals surface area contributed by atoms with Gasteiger partial charge >= 0.3 is 0 Å². The highest BCUT2D eigenvalue weighted by atomic mass is 32.1. The Morgan fingerprint density at radius 3 is 2.57 bits per heavy atom. The van der Waals surface area contributed by atoms with Gasteiger partial charge in [-0.3, -0.25) is 4.79 Å². The molecule has 0 aliphatic carbocycles. The average Bonchev–Trinajstić information content (AvgIpc) is 3.37. The molecule has 0 saturated carbocycles. The molecular formula is C20H18N6OS. The number of rotatable bonds is 5. The van der Waals surface area contributed by atoms with Crippen molar-refractivity contribution >= 4 is 28.7 Å². The molecule has 0 radical (unpaired) electrons. The number of aromatic amines is 1. The van der Waals surface area contributed by atoms with Crippen molar-refractivity contribution in [3.63, 3.8) is 0 Å². The molecule has 0 bridgehead atoms. The predicted molar refractivity (Wildman–Crippen MR) is 112 cm³/mol. The Kier molecular flexibility index (Phi) is 4.86. The Balaban J connectivity index is 1.80. The first-order valence-electron chi connectivity index (χ1n) is 8.67. The van der Waals surface area contributed by atoms with Crippen molar-refractivity contribution in [2.75, 3.05) is 17.7 Å². The van der Waals surface area contributed by atoms with Crippen molar-refractivity contribution in [1.29, 1.82) is 0 Å². The van der Waals surface area contributed by atoms with E-state index in [9.17, 15) is 4.79 Å². The molecule has 28 heavy (non-hydrogen) atoms. The maximum atomic E-state index is 11.3. The summed E-state index contributed by atoms with van der Waals surface area (Å²) in [5.74, 6) is 1.11. The lowest BCUT2D eigenvalue weighted by Gasteiger charge is -2.03. The highest BCUT2D eigenvalue weighted by Crippen LogP contribution is 2.39. The van der Waals surface area contributed by atoms with E-state index in [-0.39, 0.29) is 5.91 Å². The first kappa shape index (κ1) is 17.9. The van der Waals surface area contributed by atoms with Gasteiger partial charge in [0.15, 0.2) is 0 Å². The second-order valence-corrected chi connectivity index (χ2v) is 7.07. The van der Waals surface area contributed by atoms with E-state index in [0.717, 1.165) is 38.2 Å². The Morgan fingerprint density at radius 2 is 1.89 bits per heavy atom. The number of hydrogen-bond donors (Lipinski definition) is 3. The first-order chi connectivity index (χ1) is 13.6. The summed E-state index contributed by atoms with van der Waals surface area (Å²) in [5.41, 5.74) is 3.78. The molecule has 4 aromatic rings. The third kappa shape index (κ3) is 3.63. The number of hydrogen-bond acceptors (Lipinski definition) is 6. The molecule has 3 N–H and O–H groups in total. The Labute approximate surface area is 165 Å². The second-order valence-electron chi connectivity index (χ2n) is 6.07. The van der Waals surface area contributed by atoms with E-state index in [2.05, 4.69) is 25.6 Å². The number of H-pyrrole nitrogens is 1. The molecular weight excluding hydrogens is 372 g/mol. The standard InChI is InChI=1S/C20H18N6OS/c1-12(27)25-16-11-14(7-8-22-16)20-26-17(13-3-5-15(21-2)6-4-13)18(28-20)19-23-9-10-24-19/h3-11,21H,1-2H3,(H,23,24)(H,22,25,27). The Morgan fingerprint density at radius 1 is 1.07 bits per heavy atom. The Bertz CT molecular complexity index is 1100. The minimum atomic E-state index is -0.162. The number of nitrogens with zero attached hydrogens (tertiary/aromatic N) is 3. The SMILES string of the molecule is CNc1ccc(-c2nc(-c3ccnc(NC(C)=O)c3)sc2-c2ncc[nH]2)cc1. The number of pyridine rings is 1. The van der Waals surface area contributed by atoms with E-state index in [1.165, 1.54) is 6.92 Å². The van der Waals surface area contributed by atoms with Crippen LogP contribution in [0, 0.1) is 0 Å². The molecule has 3 aromatic heterocycles. The summed E-state index contributed by atoms with van der Waals surface area (Å²) in [5, 5.41) is 6.66. The van der Waals surface area contributed by atoms with E-state index < -0.39 is 0 Å². The van der Waals surface area contributed by atoms with Gasteiger partial charge in [-0.2, -0.15) is 0 Å². The van der Waals surface area contributed by atoms with Crippen molar-refractivity contribution in [2.24, 2.45) is 0 Å². The lowest BCUT2D eigenvalue weighted by Crippen LogP contribution is -2.07. The van der Waals surface area contributed by atoms with Crippen LogP contribution < -0.4 is 10.6 Å². The number of anilines is 2. The topological polar surface area (TPSA) is 95.6 Å². The van der Waals surface area contributed by atoms with Crippen LogP contribution in [0.1, 0.15) is 6.92 Å². The molecule has 8 heteroatoms. The molecule has 0 spiro atoms. The molecule has 0 aliphatic rings. The zero-order chi connectivity index (χ0) is 19.5. The van der Waals surface area contributed by atoms with Crippen molar-refractivity contribution in [2.45, 2.75) is 6.92 Å². The van der Waals surface area contributed by atoms with Crippen LogP contribution in [-0.4, -0.2) is 32.9 Å². The molecule has 1 amide bonds. The number of carbonyl (C=O) groups is 1. The van der Waals surface area contributed by atoms with Gasteiger partial charge in [-0.15, -0.1) is 11.3 Å². The van der Waals surface area contributed by atoms with Gasteiger partial charge in [-0.25, -0.2) is 15.0 Å². The largest absolute Gasteiger partial charge is 0.388 e. The van der Waals surface area contributed by atoms with Gasteiger partial charge in [0, 0.05) is 49.4 Å². The molecule has 0 aliphatic heterocycles. The third-order valence-corrected chi connectivity index (χ3v) is 5.21. The number of carbonyl (C=O) groups excluding carboxylic acids is 1. The maximum absolute atomic E-state index is 11.3. The summed E-state index contributed by atoms with van der Waals surface area (Å²) in [6.07, 6.45) is 5.18. The summed E-state index contributed by atoms with van der Waals surface area (Å²) in [6.45, 7) is 1.46. The first-order valence-corrected chi connectivity index (χ1v) is 9.48. The summed E-state index contributed by atoms with van der Waals surface area (Å²) < 4.78 is 0. The average molecular weight is 390 g/mol. The number of nitrogens with one attached hydrogen (secondary N) is 3. The Hall–Kier alpha value is -3.52. The van der Waals surface area contributed by atoms with Gasteiger partial charge in [-0.05, 0) is 24.3 Å². The van der Waals surface area contributed by atoms with E-state index in [1.54, 1.807) is 29.9 Å². The van der Waals surface area contributed by atoms with Crippen LogP contribution in [-0.2, 0) is 4.79 Å². The van der Waals surface area contributed by atoms with Crippen LogP contribution >= 0.6 is 11.3 Å². The zero-order valence-electron chi connectivity index (χ0n) is 15.4. The fraction of sp³-hybridized carbons (Fsp3) is 0.100. The number of imidazole rings is 1. The van der Waals surface area contributed by atoms with E-state index in [4.69, 9.17) is 4.98 Å². The molecule has 0 atom stereocenters. The van der Waals surface area contributed by atoms with Gasteiger partial charge in [0.05, 0.1) is 10.6 Å². The molecule has 0 saturated heterocycles. The van der Waals surface area contributed by atoms with Crippen LogP contribution in [0.15, 0.2) is 55.0 Å². The van der Waals surface area contributed by atoms with Gasteiger partial charge in [-0.1, -0.05) is 12.1 Å². The quantitative estimate of drug-likeness (QED) is 0.473. The number of thiazole rings is 1. The zero-order valence-corrected chi connectivity index (χ0v) is 16.2. The molecule has 0 fully saturated rings. The molecule has 0 unspecified atom stereocenters. The monoisotopic (exact) mass is 390 g/mol. The van der Waals surface area contributed by atoms with Crippen LogP contribution in [0.3, 0.4) is 0 Å². The predicted octanol–water partition coefficient (Wildman–Crippen LogP) is 4.26. The fourth-order valence-electron chi connectivity index (χ4n) is 2.80. The van der Waals surface area contributed by atoms with Crippen LogP contribution in [0.2, 0.25) is 0 Å². The molecule has 1 aromatic carbocycles. The molecule has 3 heterocycles. The van der Waals surface area contributed by atoms with Crippen LogP contribution in [0.25, 0.3) is 32.5 Å². The summed E-state index contributed by atoms with van der Waals surface area (Å²) >= 11 is 1.54. The smallest absolute Gasteiger partial charge is 0.222 e. The van der Waals surface area contributed by atoms with E-state index in [0.29, 0.717) is 5.82 Å². The van der Waals surface area contributed by atoms with E-state index >= 15 is 0 Å². The second kappa shape index (κ2) is 7.61. The summed E-state index contributed by atoms with van der Waals surface area (Å²) in [7, 11) is 1.89. The number of aromatic nitrogens is 4. The van der Waals surface area contributed by atoms with Gasteiger partial charge in [0.2, 0.25) is 5.91 Å². The minimum Gasteiger partial charge on any atom is -0.388 e. The van der Waals surface area contributed by atoms with Gasteiger partial charge < -0.3 is 15.6 Å². The van der Waals surface area contributed by atoms with Crippen molar-refractivity contribution in [1.82, 2.24) is 19.9 Å². The van der Waals surface area contributed by atoms with Crippen molar-refractivity contribution in [3.8, 4) is 32.5 Å². The lowest BCUT2D eigenvalue weighted by molar-refractivity contribution is -0.114. The molecule has 7 nitrogen and oxygen atoms in total. The molecule has 4 rings (SSSR count). The van der Waals surface area contributed by atoms with Crippen molar-refractivity contribution in [3.05, 3.63) is 55.0 Å². The highest BCUT2D eigenvalue weighted by Gasteiger charge is 2.18. The summed E-state index contributed by atoms with van der Waals surface area (Å²) in [6, 6.07) is 11.8. The minimum absolute atomic E-state index is 0.162. The van der Waals surface area contributed by atoms with E-state index in [1.807, 2.05) is 43.4 Å².